The minimum atomic E-state index is -1.14. The van der Waals surface area contributed by atoms with Gasteiger partial charge in [0.05, 0.1) is 38.4 Å². The van der Waals surface area contributed by atoms with Crippen LogP contribution in [0.3, 0.4) is 0 Å². The van der Waals surface area contributed by atoms with Gasteiger partial charge in [0.2, 0.25) is 5.91 Å². The molecule has 0 bridgehead atoms. The lowest BCUT2D eigenvalue weighted by Gasteiger charge is -2.45. The van der Waals surface area contributed by atoms with E-state index < -0.39 is 66.9 Å². The van der Waals surface area contributed by atoms with E-state index in [9.17, 15) is 19.5 Å². The molecular weight excluding hydrogens is 694 g/mol. The van der Waals surface area contributed by atoms with Gasteiger partial charge in [-0.05, 0) is 55.2 Å². The highest BCUT2D eigenvalue weighted by molar-refractivity contribution is 6.01. The number of rotatable bonds is 15. The number of cyclic esters (lactones) is 1. The van der Waals surface area contributed by atoms with Crippen molar-refractivity contribution in [2.24, 2.45) is 5.92 Å². The van der Waals surface area contributed by atoms with Gasteiger partial charge in [-0.15, -0.1) is 0 Å². The highest BCUT2D eigenvalue weighted by Gasteiger charge is 2.49. The van der Waals surface area contributed by atoms with Crippen molar-refractivity contribution < 1.29 is 52.6 Å². The number of nitrogens with zero attached hydrogens (tertiary/aromatic N) is 1. The molecule has 0 radical (unpaired) electrons. The summed E-state index contributed by atoms with van der Waals surface area (Å²) in [6.07, 6.45) is -1.21. The molecule has 9 atom stereocenters. The van der Waals surface area contributed by atoms with Gasteiger partial charge < -0.3 is 38.3 Å². The molecule has 12 nitrogen and oxygen atoms in total. The lowest BCUT2D eigenvalue weighted by molar-refractivity contribution is -0.319. The molecule has 54 heavy (non-hydrogen) atoms. The number of ketones is 1. The van der Waals surface area contributed by atoms with Gasteiger partial charge in [0.25, 0.3) is 0 Å². The van der Waals surface area contributed by atoms with Gasteiger partial charge in [0, 0.05) is 7.11 Å². The summed E-state index contributed by atoms with van der Waals surface area (Å²) >= 11 is 0. The number of carbonyl (C=O) groups excluding carboxylic acids is 3. The molecule has 0 aliphatic carbocycles. The molecular formula is C42H47NO11. The number of hydrogen-bond acceptors (Lipinski definition) is 11. The van der Waals surface area contributed by atoms with Gasteiger partial charge in [-0.1, -0.05) is 91.0 Å². The lowest BCUT2D eigenvalue weighted by Crippen LogP contribution is -2.61. The first kappa shape index (κ1) is 39.0. The van der Waals surface area contributed by atoms with Crippen molar-refractivity contribution in [1.29, 1.82) is 0 Å². The van der Waals surface area contributed by atoms with Gasteiger partial charge in [0.15, 0.2) is 18.2 Å². The lowest BCUT2D eigenvalue weighted by atomic mass is 9.95. The maximum absolute atomic E-state index is 13.6. The summed E-state index contributed by atoms with van der Waals surface area (Å²) in [4.78, 5) is 40.5. The fourth-order valence-corrected chi connectivity index (χ4v) is 6.88. The molecule has 3 heterocycles. The predicted octanol–water partition coefficient (Wildman–Crippen LogP) is 5.45. The number of imide groups is 1. The van der Waals surface area contributed by atoms with Crippen molar-refractivity contribution in [3.05, 3.63) is 132 Å². The summed E-state index contributed by atoms with van der Waals surface area (Å²) in [6.45, 7) is 3.70. The second-order valence-corrected chi connectivity index (χ2v) is 13.4. The average Bonchev–Trinajstić information content (AvgIpc) is 3.51. The molecule has 0 saturated carbocycles. The first-order valence-corrected chi connectivity index (χ1v) is 18.2. The van der Waals surface area contributed by atoms with E-state index in [1.54, 1.807) is 26.0 Å². The van der Waals surface area contributed by atoms with Crippen molar-refractivity contribution >= 4 is 17.8 Å². The Morgan fingerprint density at radius 1 is 0.833 bits per heavy atom. The van der Waals surface area contributed by atoms with Gasteiger partial charge >= 0.3 is 6.09 Å². The molecule has 2 amide bonds. The number of allylic oxidation sites excluding steroid dienone is 1. The second kappa shape index (κ2) is 18.6. The molecule has 3 aliphatic heterocycles. The molecule has 0 spiro atoms. The van der Waals surface area contributed by atoms with Crippen LogP contribution >= 0.6 is 0 Å². The Hall–Kier alpha value is -4.69. The maximum atomic E-state index is 13.6. The number of benzene rings is 3. The molecule has 2 saturated heterocycles. The van der Waals surface area contributed by atoms with Gasteiger partial charge in [-0.3, -0.25) is 9.59 Å². The third-order valence-electron chi connectivity index (χ3n) is 9.78. The molecule has 2 fully saturated rings. The molecule has 0 unspecified atom stereocenters. The Labute approximate surface area is 315 Å². The number of amides is 2. The Kier molecular flexibility index (Phi) is 13.4. The second-order valence-electron chi connectivity index (χ2n) is 13.4. The Morgan fingerprint density at radius 2 is 1.44 bits per heavy atom. The average molecular weight is 742 g/mol. The smallest absolute Gasteiger partial charge is 0.417 e. The number of hydrogen-bond donors (Lipinski definition) is 1. The van der Waals surface area contributed by atoms with Crippen LogP contribution in [-0.4, -0.2) is 91.0 Å². The van der Waals surface area contributed by atoms with Crippen molar-refractivity contribution in [3.63, 3.8) is 0 Å². The highest BCUT2D eigenvalue weighted by atomic mass is 16.7. The third-order valence-corrected chi connectivity index (χ3v) is 9.78. The molecule has 3 aromatic carbocycles. The van der Waals surface area contributed by atoms with Crippen LogP contribution < -0.4 is 0 Å². The zero-order chi connectivity index (χ0) is 38.0. The normalized spacial score (nSPS) is 28.1. The van der Waals surface area contributed by atoms with E-state index in [1.807, 2.05) is 91.0 Å². The first-order chi connectivity index (χ1) is 26.3. The Bertz CT molecular complexity index is 1750. The number of aliphatic hydroxyl groups excluding tert-OH is 1. The van der Waals surface area contributed by atoms with E-state index in [0.29, 0.717) is 12.2 Å². The minimum Gasteiger partial charge on any atom is -0.482 e. The minimum absolute atomic E-state index is 0.181. The van der Waals surface area contributed by atoms with E-state index in [4.69, 9.17) is 33.2 Å². The highest BCUT2D eigenvalue weighted by Crippen LogP contribution is 2.35. The molecule has 3 aliphatic rings. The van der Waals surface area contributed by atoms with Crippen molar-refractivity contribution in [3.8, 4) is 0 Å². The topological polar surface area (TPSA) is 139 Å². The Balaban J connectivity index is 1.11. The third kappa shape index (κ3) is 9.15. The number of carbonyl (C=O) groups is 3. The van der Waals surface area contributed by atoms with E-state index in [-0.39, 0.29) is 32.2 Å². The Morgan fingerprint density at radius 3 is 2.06 bits per heavy atom. The summed E-state index contributed by atoms with van der Waals surface area (Å²) in [7, 11) is 1.50. The van der Waals surface area contributed by atoms with E-state index >= 15 is 0 Å². The molecule has 286 valence electrons. The number of aliphatic hydroxyl groups is 1. The van der Waals surface area contributed by atoms with Crippen LogP contribution in [0.15, 0.2) is 115 Å². The zero-order valence-electron chi connectivity index (χ0n) is 30.6. The summed E-state index contributed by atoms with van der Waals surface area (Å²) in [5, 5.41) is 10.3. The monoisotopic (exact) mass is 741 g/mol. The largest absolute Gasteiger partial charge is 0.482 e. The molecule has 12 heteroatoms. The van der Waals surface area contributed by atoms with Crippen LogP contribution in [0.25, 0.3) is 0 Å². The standard InChI is InChI=1S/C42H47NO11/c1-27(40(46)43-28(2)36(54-42(43)47)31-18-11-6-12-19-31)35-33(45)22-21-32(52-35)20-13-23-49-39-38(51-26-30-16-9-5-10-17-30)37(34(24-44)53-41(39)48-3)50-25-29-14-7-4-8-15-29/h4-12,14-22,27-28,34-39,41,44H,13,23-26H2,1-3H3/t27-,28-,34+,35-,36-,37+,38-,39-,41-/m0/s1. The molecule has 0 aromatic heterocycles. The number of methoxy groups -OCH3 is 1. The summed E-state index contributed by atoms with van der Waals surface area (Å²) < 4.78 is 42.6. The van der Waals surface area contributed by atoms with E-state index in [0.717, 1.165) is 21.6 Å². The predicted molar refractivity (Wildman–Crippen MR) is 195 cm³/mol. The summed E-state index contributed by atoms with van der Waals surface area (Å²) in [5.74, 6) is -1.53. The van der Waals surface area contributed by atoms with E-state index in [1.165, 1.54) is 13.2 Å². The van der Waals surface area contributed by atoms with Crippen LogP contribution in [0.1, 0.15) is 43.1 Å². The maximum Gasteiger partial charge on any atom is 0.417 e. The van der Waals surface area contributed by atoms with Gasteiger partial charge in [-0.25, -0.2) is 9.69 Å². The van der Waals surface area contributed by atoms with Crippen LogP contribution in [-0.2, 0) is 56.0 Å². The van der Waals surface area contributed by atoms with Crippen molar-refractivity contribution in [2.45, 2.75) is 82.4 Å². The summed E-state index contributed by atoms with van der Waals surface area (Å²) in [6, 6.07) is 28.0. The number of ether oxygens (including phenoxy) is 7. The quantitative estimate of drug-likeness (QED) is 0.199. The van der Waals surface area contributed by atoms with E-state index in [2.05, 4.69) is 0 Å². The van der Waals surface area contributed by atoms with Crippen molar-refractivity contribution in [2.75, 3.05) is 20.3 Å². The van der Waals surface area contributed by atoms with Crippen LogP contribution in [0.2, 0.25) is 0 Å². The fourth-order valence-electron chi connectivity index (χ4n) is 6.88. The SMILES string of the molecule is CO[C@H]1O[C@H](CO)[C@@H](OCc2ccccc2)[C@H](OCc2ccccc2)[C@@H]1OCCC=C1C=CC(=O)[C@H]([C@H](C)C(=O)N2C(=O)O[C@H](c3ccccc3)[C@@H]2C)O1. The zero-order valence-corrected chi connectivity index (χ0v) is 30.6. The summed E-state index contributed by atoms with van der Waals surface area (Å²) in [5.41, 5.74) is 2.68. The van der Waals surface area contributed by atoms with Gasteiger partial charge in [-0.2, -0.15) is 0 Å². The van der Waals surface area contributed by atoms with Crippen LogP contribution in [0, 0.1) is 5.92 Å². The van der Waals surface area contributed by atoms with Gasteiger partial charge in [0.1, 0.15) is 36.3 Å². The molecule has 3 aromatic rings. The first-order valence-electron chi connectivity index (χ1n) is 18.2. The van der Waals surface area contributed by atoms with Crippen LogP contribution in [0.4, 0.5) is 4.79 Å². The molecule has 1 N–H and O–H groups in total. The van der Waals surface area contributed by atoms with Crippen molar-refractivity contribution in [1.82, 2.24) is 4.90 Å². The van der Waals surface area contributed by atoms with Crippen LogP contribution in [0.5, 0.6) is 0 Å². The molecule has 6 rings (SSSR count). The fraction of sp³-hybridized carbons (Fsp3) is 0.405.